The lowest BCUT2D eigenvalue weighted by Crippen LogP contribution is -2.34. The molecule has 2 aromatic carbocycles. The molecule has 0 saturated carbocycles. The molecule has 0 aliphatic rings. The van der Waals surface area contributed by atoms with Crippen molar-refractivity contribution >= 4 is 57.4 Å². The molecule has 30 heavy (non-hydrogen) atoms. The third-order valence-electron chi connectivity index (χ3n) is 4.05. The fourth-order valence-corrected chi connectivity index (χ4v) is 3.48. The standard InChI is InChI=1S/C21H18IN3O4S/c1-28-18-9-6-14(11-17(18)22)20(27)25-21(30)24-15-7-4-13(5-8-15)19(26)23-12-16-3-2-10-29-16/h2-11H,12H2,1H3,(H,23,26)(H2,24,25,27,30). The highest BCUT2D eigenvalue weighted by atomic mass is 127. The zero-order valence-electron chi connectivity index (χ0n) is 15.9. The Morgan fingerprint density at radius 2 is 1.80 bits per heavy atom. The molecule has 7 nitrogen and oxygen atoms in total. The summed E-state index contributed by atoms with van der Waals surface area (Å²) in [6, 6.07) is 15.4. The predicted octanol–water partition coefficient (Wildman–Crippen LogP) is 3.95. The van der Waals surface area contributed by atoms with E-state index in [1.54, 1.807) is 68.0 Å². The molecule has 0 atom stereocenters. The van der Waals surface area contributed by atoms with E-state index in [2.05, 4.69) is 38.5 Å². The maximum atomic E-state index is 12.4. The lowest BCUT2D eigenvalue weighted by atomic mass is 10.2. The maximum Gasteiger partial charge on any atom is 0.257 e. The average Bonchev–Trinajstić information content (AvgIpc) is 3.26. The molecule has 0 unspecified atom stereocenters. The summed E-state index contributed by atoms with van der Waals surface area (Å²) in [7, 11) is 1.57. The molecule has 0 bridgehead atoms. The summed E-state index contributed by atoms with van der Waals surface area (Å²) in [4.78, 5) is 24.6. The smallest absolute Gasteiger partial charge is 0.257 e. The second kappa shape index (κ2) is 10.2. The Morgan fingerprint density at radius 3 is 2.43 bits per heavy atom. The van der Waals surface area contributed by atoms with Crippen molar-refractivity contribution in [2.45, 2.75) is 6.54 Å². The van der Waals surface area contributed by atoms with Crippen molar-refractivity contribution in [1.29, 1.82) is 0 Å². The molecule has 0 saturated heterocycles. The zero-order chi connectivity index (χ0) is 21.5. The Balaban J connectivity index is 1.53. The van der Waals surface area contributed by atoms with Crippen molar-refractivity contribution in [3.8, 4) is 5.75 Å². The van der Waals surface area contributed by atoms with Crippen molar-refractivity contribution in [2.75, 3.05) is 12.4 Å². The first-order valence-corrected chi connectivity index (χ1v) is 10.3. The summed E-state index contributed by atoms with van der Waals surface area (Å²) in [6.07, 6.45) is 1.55. The highest BCUT2D eigenvalue weighted by molar-refractivity contribution is 14.1. The predicted molar refractivity (Wildman–Crippen MR) is 126 cm³/mol. The molecule has 0 spiro atoms. The number of anilines is 1. The SMILES string of the molecule is COc1ccc(C(=O)NC(=S)Nc2ccc(C(=O)NCc3ccco3)cc2)cc1I. The fraction of sp³-hybridized carbons (Fsp3) is 0.0952. The Bertz CT molecular complexity index is 1050. The van der Waals surface area contributed by atoms with Gasteiger partial charge < -0.3 is 19.8 Å². The van der Waals surface area contributed by atoms with Crippen LogP contribution in [0, 0.1) is 3.57 Å². The number of benzene rings is 2. The van der Waals surface area contributed by atoms with E-state index in [1.807, 2.05) is 0 Å². The Labute approximate surface area is 192 Å². The van der Waals surface area contributed by atoms with Gasteiger partial charge in [0, 0.05) is 16.8 Å². The van der Waals surface area contributed by atoms with Crippen LogP contribution in [0.3, 0.4) is 0 Å². The van der Waals surface area contributed by atoms with Gasteiger partial charge in [0.2, 0.25) is 0 Å². The first kappa shape index (κ1) is 21.8. The van der Waals surface area contributed by atoms with Crippen molar-refractivity contribution in [3.63, 3.8) is 0 Å². The lowest BCUT2D eigenvalue weighted by Gasteiger charge is -2.11. The molecule has 9 heteroatoms. The Morgan fingerprint density at radius 1 is 1.07 bits per heavy atom. The lowest BCUT2D eigenvalue weighted by molar-refractivity contribution is 0.0946. The monoisotopic (exact) mass is 535 g/mol. The number of halogens is 1. The summed E-state index contributed by atoms with van der Waals surface area (Å²) in [5, 5.41) is 8.48. The molecule has 0 aliphatic heterocycles. The molecule has 3 rings (SSSR count). The van der Waals surface area contributed by atoms with Crippen LogP contribution in [0.4, 0.5) is 5.69 Å². The summed E-state index contributed by atoms with van der Waals surface area (Å²) < 4.78 is 11.2. The van der Waals surface area contributed by atoms with Gasteiger partial charge >= 0.3 is 0 Å². The summed E-state index contributed by atoms with van der Waals surface area (Å²) in [5.74, 6) is 0.820. The van der Waals surface area contributed by atoms with Crippen LogP contribution in [0.1, 0.15) is 26.5 Å². The van der Waals surface area contributed by atoms with E-state index in [4.69, 9.17) is 21.4 Å². The van der Waals surface area contributed by atoms with Gasteiger partial charge in [-0.2, -0.15) is 0 Å². The van der Waals surface area contributed by atoms with Crippen LogP contribution in [0.15, 0.2) is 65.3 Å². The van der Waals surface area contributed by atoms with Crippen LogP contribution >= 0.6 is 34.8 Å². The third kappa shape index (κ3) is 5.80. The number of furan rings is 1. The summed E-state index contributed by atoms with van der Waals surface area (Å²) in [6.45, 7) is 0.312. The molecule has 0 radical (unpaired) electrons. The van der Waals surface area contributed by atoms with Gasteiger partial charge in [0.25, 0.3) is 11.8 Å². The van der Waals surface area contributed by atoms with Gasteiger partial charge in [0.05, 0.1) is 23.5 Å². The molecule has 154 valence electrons. The van der Waals surface area contributed by atoms with Crippen LogP contribution in [0.25, 0.3) is 0 Å². The minimum Gasteiger partial charge on any atom is -0.496 e. The minimum absolute atomic E-state index is 0.154. The molecular weight excluding hydrogens is 517 g/mol. The van der Waals surface area contributed by atoms with E-state index in [0.29, 0.717) is 34.9 Å². The second-order valence-electron chi connectivity index (χ2n) is 6.10. The molecule has 0 aliphatic carbocycles. The molecule has 3 aromatic rings. The van der Waals surface area contributed by atoms with E-state index < -0.39 is 0 Å². The van der Waals surface area contributed by atoms with Crippen LogP contribution in [-0.4, -0.2) is 24.0 Å². The van der Waals surface area contributed by atoms with Crippen LogP contribution in [0.5, 0.6) is 5.75 Å². The van der Waals surface area contributed by atoms with Gasteiger partial charge in [-0.1, -0.05) is 0 Å². The summed E-state index contributed by atoms with van der Waals surface area (Å²) in [5.41, 5.74) is 1.61. The normalized spacial score (nSPS) is 10.2. The summed E-state index contributed by atoms with van der Waals surface area (Å²) >= 11 is 7.30. The fourth-order valence-electron chi connectivity index (χ4n) is 2.53. The van der Waals surface area contributed by atoms with Crippen molar-refractivity contribution in [3.05, 3.63) is 81.3 Å². The molecule has 1 aromatic heterocycles. The van der Waals surface area contributed by atoms with E-state index in [-0.39, 0.29) is 16.9 Å². The maximum absolute atomic E-state index is 12.4. The average molecular weight is 535 g/mol. The van der Waals surface area contributed by atoms with E-state index in [0.717, 1.165) is 3.57 Å². The Kier molecular flexibility index (Phi) is 7.41. The number of thiocarbonyl (C=S) groups is 1. The topological polar surface area (TPSA) is 92.6 Å². The van der Waals surface area contributed by atoms with Gasteiger partial charge in [0.1, 0.15) is 11.5 Å². The molecular formula is C21H18IN3O4S. The number of methoxy groups -OCH3 is 1. The zero-order valence-corrected chi connectivity index (χ0v) is 18.9. The van der Waals surface area contributed by atoms with Crippen LogP contribution in [-0.2, 0) is 6.54 Å². The van der Waals surface area contributed by atoms with E-state index in [1.165, 1.54) is 0 Å². The van der Waals surface area contributed by atoms with Crippen LogP contribution < -0.4 is 20.7 Å². The molecule has 3 N–H and O–H groups in total. The van der Waals surface area contributed by atoms with Crippen molar-refractivity contribution in [1.82, 2.24) is 10.6 Å². The number of amides is 2. The van der Waals surface area contributed by atoms with Crippen molar-refractivity contribution < 1.29 is 18.7 Å². The highest BCUT2D eigenvalue weighted by Crippen LogP contribution is 2.21. The quantitative estimate of drug-likeness (QED) is 0.327. The highest BCUT2D eigenvalue weighted by Gasteiger charge is 2.11. The van der Waals surface area contributed by atoms with Gasteiger partial charge in [-0.25, -0.2) is 0 Å². The number of carbonyl (C=O) groups is 2. The molecule has 2 amide bonds. The Hall–Kier alpha value is -2.92. The van der Waals surface area contributed by atoms with E-state index in [9.17, 15) is 9.59 Å². The number of hydrogen-bond donors (Lipinski definition) is 3. The number of carbonyl (C=O) groups excluding carboxylic acids is 2. The second-order valence-corrected chi connectivity index (χ2v) is 7.67. The number of hydrogen-bond acceptors (Lipinski definition) is 5. The van der Waals surface area contributed by atoms with Crippen LogP contribution in [0.2, 0.25) is 0 Å². The van der Waals surface area contributed by atoms with Gasteiger partial charge in [-0.05, 0) is 89.4 Å². The number of rotatable bonds is 6. The third-order valence-corrected chi connectivity index (χ3v) is 5.10. The molecule has 0 fully saturated rings. The van der Waals surface area contributed by atoms with Crippen molar-refractivity contribution in [2.24, 2.45) is 0 Å². The first-order chi connectivity index (χ1) is 14.5. The first-order valence-electron chi connectivity index (χ1n) is 8.83. The van der Waals surface area contributed by atoms with Gasteiger partial charge in [-0.3, -0.25) is 14.9 Å². The van der Waals surface area contributed by atoms with Gasteiger partial charge in [-0.15, -0.1) is 0 Å². The number of ether oxygens (including phenoxy) is 1. The largest absolute Gasteiger partial charge is 0.496 e. The molecule has 1 heterocycles. The number of nitrogens with one attached hydrogen (secondary N) is 3. The van der Waals surface area contributed by atoms with Gasteiger partial charge in [0.15, 0.2) is 5.11 Å². The minimum atomic E-state index is -0.331. The van der Waals surface area contributed by atoms with E-state index >= 15 is 0 Å².